The smallest absolute Gasteiger partial charge is 0.258 e. The summed E-state index contributed by atoms with van der Waals surface area (Å²) in [5, 5.41) is 5.57. The molecule has 2 rings (SSSR count). The maximum absolute atomic E-state index is 12.4. The zero-order chi connectivity index (χ0) is 18.1. The van der Waals surface area contributed by atoms with Crippen molar-refractivity contribution in [3.63, 3.8) is 0 Å². The van der Waals surface area contributed by atoms with Crippen LogP contribution in [-0.4, -0.2) is 29.4 Å². The lowest BCUT2D eigenvalue weighted by Gasteiger charge is -2.21. The molecule has 6 nitrogen and oxygen atoms in total. The molecular formula is C19H23N3O3. The molecule has 1 aromatic carbocycles. The number of carbonyl (C=O) groups excluding carboxylic acids is 2. The van der Waals surface area contributed by atoms with Gasteiger partial charge in [0.2, 0.25) is 5.91 Å². The lowest BCUT2D eigenvalue weighted by Crippen LogP contribution is -2.50. The fraction of sp³-hybridized carbons (Fsp3) is 0.316. The molecular weight excluding hydrogens is 318 g/mol. The molecule has 0 radical (unpaired) electrons. The van der Waals surface area contributed by atoms with Gasteiger partial charge in [-0.2, -0.15) is 0 Å². The lowest BCUT2D eigenvalue weighted by atomic mass is 10.0. The quantitative estimate of drug-likeness (QED) is 0.769. The number of hydrogen-bond acceptors (Lipinski definition) is 4. The number of nitrogens with zero attached hydrogens (tertiary/aromatic N) is 1. The number of ether oxygens (including phenoxy) is 1. The second kappa shape index (κ2) is 9.42. The van der Waals surface area contributed by atoms with E-state index in [1.54, 1.807) is 24.5 Å². The Kier molecular flexibility index (Phi) is 6.95. The number of aromatic nitrogens is 1. The summed E-state index contributed by atoms with van der Waals surface area (Å²) < 4.78 is 5.41. The van der Waals surface area contributed by atoms with Crippen LogP contribution in [0.5, 0.6) is 5.75 Å². The molecule has 132 valence electrons. The Bertz CT molecular complexity index is 675. The summed E-state index contributed by atoms with van der Waals surface area (Å²) in [5.41, 5.74) is 0.949. The van der Waals surface area contributed by atoms with Crippen LogP contribution in [0.15, 0.2) is 54.9 Å². The molecule has 1 atom stereocenters. The third-order valence-electron chi connectivity index (χ3n) is 3.59. The van der Waals surface area contributed by atoms with E-state index in [1.807, 2.05) is 44.2 Å². The molecule has 6 heteroatoms. The van der Waals surface area contributed by atoms with Crippen molar-refractivity contribution in [1.82, 2.24) is 15.6 Å². The molecule has 0 saturated carbocycles. The van der Waals surface area contributed by atoms with Crippen molar-refractivity contribution in [3.8, 4) is 5.75 Å². The first-order chi connectivity index (χ1) is 12.1. The van der Waals surface area contributed by atoms with Gasteiger partial charge < -0.3 is 15.4 Å². The Balaban J connectivity index is 1.84. The molecule has 0 aliphatic rings. The fourth-order valence-electron chi connectivity index (χ4n) is 2.22. The molecule has 1 aromatic heterocycles. The third-order valence-corrected chi connectivity index (χ3v) is 3.59. The Morgan fingerprint density at radius 2 is 1.76 bits per heavy atom. The Labute approximate surface area is 147 Å². The largest absolute Gasteiger partial charge is 0.484 e. The monoisotopic (exact) mass is 341 g/mol. The molecule has 2 N–H and O–H groups in total. The summed E-state index contributed by atoms with van der Waals surface area (Å²) in [5.74, 6) is 0.0143. The number of amides is 2. The van der Waals surface area contributed by atoms with Gasteiger partial charge in [0.25, 0.3) is 5.91 Å². The van der Waals surface area contributed by atoms with Gasteiger partial charge in [0.1, 0.15) is 11.8 Å². The SMILES string of the molecule is CC(C)[C@H](NC(=O)COc1ccccc1)C(=O)NCc1ccncc1. The normalized spacial score (nSPS) is 11.6. The zero-order valence-electron chi connectivity index (χ0n) is 14.4. The van der Waals surface area contributed by atoms with E-state index in [-0.39, 0.29) is 24.3 Å². The standard InChI is InChI=1S/C19H23N3O3/c1-14(2)18(19(24)21-12-15-8-10-20-11-9-15)22-17(23)13-25-16-6-4-3-5-7-16/h3-11,14,18H,12-13H2,1-2H3,(H,21,24)(H,22,23)/t18-/m0/s1. The summed E-state index contributed by atoms with van der Waals surface area (Å²) >= 11 is 0. The number of carbonyl (C=O) groups is 2. The molecule has 25 heavy (non-hydrogen) atoms. The molecule has 0 saturated heterocycles. The van der Waals surface area contributed by atoms with Crippen LogP contribution in [0.4, 0.5) is 0 Å². The summed E-state index contributed by atoms with van der Waals surface area (Å²) in [6, 6.07) is 12.1. The predicted molar refractivity (Wildman–Crippen MR) is 94.8 cm³/mol. The first-order valence-electron chi connectivity index (χ1n) is 8.20. The second-order valence-electron chi connectivity index (χ2n) is 5.96. The molecule has 0 unspecified atom stereocenters. The van der Waals surface area contributed by atoms with E-state index in [0.717, 1.165) is 5.56 Å². The van der Waals surface area contributed by atoms with Crippen molar-refractivity contribution in [2.24, 2.45) is 5.92 Å². The van der Waals surface area contributed by atoms with Crippen molar-refractivity contribution >= 4 is 11.8 Å². The van der Waals surface area contributed by atoms with E-state index in [2.05, 4.69) is 15.6 Å². The van der Waals surface area contributed by atoms with Crippen molar-refractivity contribution in [2.75, 3.05) is 6.61 Å². The van der Waals surface area contributed by atoms with Crippen LogP contribution in [0.1, 0.15) is 19.4 Å². The summed E-state index contributed by atoms with van der Waals surface area (Å²) in [6.07, 6.45) is 3.34. The lowest BCUT2D eigenvalue weighted by molar-refractivity contribution is -0.131. The topological polar surface area (TPSA) is 80.3 Å². The molecule has 0 spiro atoms. The number of nitrogens with one attached hydrogen (secondary N) is 2. The van der Waals surface area contributed by atoms with E-state index in [9.17, 15) is 9.59 Å². The highest BCUT2D eigenvalue weighted by Gasteiger charge is 2.24. The van der Waals surface area contributed by atoms with Gasteiger partial charge in [-0.15, -0.1) is 0 Å². The number of rotatable bonds is 8. The van der Waals surface area contributed by atoms with E-state index >= 15 is 0 Å². The van der Waals surface area contributed by atoms with Gasteiger partial charge in [-0.1, -0.05) is 32.0 Å². The van der Waals surface area contributed by atoms with Gasteiger partial charge >= 0.3 is 0 Å². The fourth-order valence-corrected chi connectivity index (χ4v) is 2.22. The zero-order valence-corrected chi connectivity index (χ0v) is 14.4. The van der Waals surface area contributed by atoms with Crippen LogP contribution in [0.2, 0.25) is 0 Å². The molecule has 0 aliphatic carbocycles. The van der Waals surface area contributed by atoms with E-state index in [0.29, 0.717) is 12.3 Å². The highest BCUT2D eigenvalue weighted by Crippen LogP contribution is 2.08. The van der Waals surface area contributed by atoms with Crippen LogP contribution in [-0.2, 0) is 16.1 Å². The molecule has 2 aromatic rings. The minimum atomic E-state index is -0.617. The average Bonchev–Trinajstić information content (AvgIpc) is 2.64. The van der Waals surface area contributed by atoms with E-state index in [4.69, 9.17) is 4.74 Å². The average molecular weight is 341 g/mol. The van der Waals surface area contributed by atoms with Crippen LogP contribution in [0.3, 0.4) is 0 Å². The van der Waals surface area contributed by atoms with Crippen molar-refractivity contribution in [2.45, 2.75) is 26.4 Å². The van der Waals surface area contributed by atoms with Gasteiger partial charge in [0, 0.05) is 18.9 Å². The second-order valence-corrected chi connectivity index (χ2v) is 5.96. The maximum Gasteiger partial charge on any atom is 0.258 e. The first kappa shape index (κ1) is 18.4. The summed E-state index contributed by atoms with van der Waals surface area (Å²) in [7, 11) is 0. The number of hydrogen-bond donors (Lipinski definition) is 2. The predicted octanol–water partition coefficient (Wildman–Crippen LogP) is 1.92. The molecule has 0 bridgehead atoms. The minimum Gasteiger partial charge on any atom is -0.484 e. The summed E-state index contributed by atoms with van der Waals surface area (Å²) in [4.78, 5) is 28.4. The van der Waals surface area contributed by atoms with Crippen molar-refractivity contribution in [3.05, 3.63) is 60.4 Å². The maximum atomic E-state index is 12.4. The molecule has 1 heterocycles. The van der Waals surface area contributed by atoms with Crippen LogP contribution >= 0.6 is 0 Å². The Morgan fingerprint density at radius 1 is 1.08 bits per heavy atom. The van der Waals surface area contributed by atoms with Gasteiger partial charge in [-0.3, -0.25) is 14.6 Å². The highest BCUT2D eigenvalue weighted by molar-refractivity contribution is 5.88. The van der Waals surface area contributed by atoms with Crippen molar-refractivity contribution < 1.29 is 14.3 Å². The van der Waals surface area contributed by atoms with Crippen molar-refractivity contribution in [1.29, 1.82) is 0 Å². The Hall–Kier alpha value is -2.89. The van der Waals surface area contributed by atoms with Gasteiger partial charge in [0.15, 0.2) is 6.61 Å². The van der Waals surface area contributed by atoms with Gasteiger partial charge in [0.05, 0.1) is 0 Å². The molecule has 2 amide bonds. The minimum absolute atomic E-state index is 0.0434. The number of pyridine rings is 1. The first-order valence-corrected chi connectivity index (χ1v) is 8.20. The van der Waals surface area contributed by atoms with E-state index in [1.165, 1.54) is 0 Å². The van der Waals surface area contributed by atoms with E-state index < -0.39 is 6.04 Å². The molecule has 0 aliphatic heterocycles. The third kappa shape index (κ3) is 6.25. The van der Waals surface area contributed by atoms with Crippen LogP contribution in [0, 0.1) is 5.92 Å². The Morgan fingerprint density at radius 3 is 2.40 bits per heavy atom. The van der Waals surface area contributed by atoms with Gasteiger partial charge in [-0.25, -0.2) is 0 Å². The van der Waals surface area contributed by atoms with Crippen LogP contribution in [0.25, 0.3) is 0 Å². The number of para-hydroxylation sites is 1. The highest BCUT2D eigenvalue weighted by atomic mass is 16.5. The number of benzene rings is 1. The van der Waals surface area contributed by atoms with Crippen LogP contribution < -0.4 is 15.4 Å². The summed E-state index contributed by atoms with van der Waals surface area (Å²) in [6.45, 7) is 4.02. The molecule has 0 fully saturated rings. The van der Waals surface area contributed by atoms with Gasteiger partial charge in [-0.05, 0) is 35.7 Å².